The summed E-state index contributed by atoms with van der Waals surface area (Å²) in [4.78, 5) is 51.8. The number of nitrogens with zero attached hydrogens (tertiary/aromatic N) is 1. The summed E-state index contributed by atoms with van der Waals surface area (Å²) in [5.41, 5.74) is -0.187. The molecule has 2 heterocycles. The summed E-state index contributed by atoms with van der Waals surface area (Å²) < 4.78 is 41.0. The zero-order valence-corrected chi connectivity index (χ0v) is 18.7. The molecule has 2 N–H and O–H groups in total. The van der Waals surface area contributed by atoms with Crippen LogP contribution in [-0.4, -0.2) is 90.1 Å². The maximum atomic E-state index is 13.2. The van der Waals surface area contributed by atoms with Crippen LogP contribution in [0.1, 0.15) is 44.9 Å². The molecule has 2 saturated heterocycles. The molecule has 1 spiro atoms. The molecule has 1 saturated carbocycles. The molecule has 3 aliphatic rings. The largest absolute Gasteiger partial charge is 0.522 e. The molecular formula is C20H25B3F3N3O5. The van der Waals surface area contributed by atoms with E-state index in [-0.39, 0.29) is 36.5 Å². The lowest BCUT2D eigenvalue weighted by Gasteiger charge is -2.28. The minimum absolute atomic E-state index is 0.0175. The standard InChI is InChI=1S/C20H25B3F3N3O5/c21-19(22,23)3-1-15(31)29-10-18(4-5-18)8-13(29)17(33)28-12(7-11-2-6-27-16(11)32)14(30)9-34-20(24,25)26/h11-13H,1-10H2,(H,27,32)(H,28,33)/t11-,12-,13-/m0/s1. The number of nitrogens with one attached hydrogen (secondary N) is 2. The number of ether oxygens (including phenoxy) is 1. The number of carbonyl (C=O) groups excluding carboxylic acids is 4. The summed E-state index contributed by atoms with van der Waals surface area (Å²) in [5.74, 6) is -3.04. The van der Waals surface area contributed by atoms with E-state index in [0.29, 0.717) is 25.9 Å². The van der Waals surface area contributed by atoms with Gasteiger partial charge in [0.2, 0.25) is 17.7 Å². The molecule has 3 rings (SSSR count). The Kier molecular flexibility index (Phi) is 7.79. The van der Waals surface area contributed by atoms with Crippen LogP contribution < -0.4 is 10.6 Å². The van der Waals surface area contributed by atoms with Gasteiger partial charge in [-0.15, -0.1) is 18.3 Å². The van der Waals surface area contributed by atoms with Crippen molar-refractivity contribution in [2.75, 3.05) is 19.7 Å². The summed E-state index contributed by atoms with van der Waals surface area (Å²) in [5, 5.41) is 3.52. The van der Waals surface area contributed by atoms with Gasteiger partial charge in [-0.1, -0.05) is 6.42 Å². The Hall–Kier alpha value is -1.98. The molecule has 6 radical (unpaired) electrons. The fourth-order valence-corrected chi connectivity index (χ4v) is 4.51. The Balaban J connectivity index is 1.70. The van der Waals surface area contributed by atoms with Crippen molar-refractivity contribution in [2.24, 2.45) is 11.3 Å². The van der Waals surface area contributed by atoms with Crippen molar-refractivity contribution in [2.45, 2.75) is 68.5 Å². The Labute approximate surface area is 199 Å². The van der Waals surface area contributed by atoms with Crippen LogP contribution in [0.3, 0.4) is 0 Å². The van der Waals surface area contributed by atoms with Gasteiger partial charge in [-0.2, -0.15) is 0 Å². The first-order valence-corrected chi connectivity index (χ1v) is 11.2. The van der Waals surface area contributed by atoms with Crippen LogP contribution in [0.25, 0.3) is 0 Å². The van der Waals surface area contributed by atoms with Gasteiger partial charge in [0.05, 0.1) is 29.6 Å². The van der Waals surface area contributed by atoms with Crippen LogP contribution in [0.2, 0.25) is 5.11 Å². The van der Waals surface area contributed by atoms with Gasteiger partial charge in [0.25, 0.3) is 0 Å². The number of carbonyl (C=O) groups is 4. The van der Waals surface area contributed by atoms with Crippen molar-refractivity contribution >= 4 is 47.0 Å². The van der Waals surface area contributed by atoms with Gasteiger partial charge in [0.15, 0.2) is 5.78 Å². The van der Waals surface area contributed by atoms with Crippen LogP contribution in [0.5, 0.6) is 0 Å². The predicted molar refractivity (Wildman–Crippen MR) is 116 cm³/mol. The highest BCUT2D eigenvalue weighted by Crippen LogP contribution is 2.55. The highest BCUT2D eigenvalue weighted by Gasteiger charge is 2.55. The molecule has 1 aliphatic carbocycles. The third kappa shape index (κ3) is 7.26. The average molecular weight is 477 g/mol. The SMILES string of the molecule is [B]C([B])([B])CCC(=O)N1CC2(CC2)C[C@H]1C(=O)N[C@@H](C[C@@H]1CCNC1=O)C(=O)COC(F)(F)F. The molecule has 0 aromatic heterocycles. The lowest BCUT2D eigenvalue weighted by Crippen LogP contribution is -2.52. The smallest absolute Gasteiger partial charge is 0.356 e. The van der Waals surface area contributed by atoms with E-state index in [1.165, 1.54) is 4.90 Å². The lowest BCUT2D eigenvalue weighted by molar-refractivity contribution is -0.321. The minimum Gasteiger partial charge on any atom is -0.356 e. The number of amides is 3. The second-order valence-electron chi connectivity index (χ2n) is 9.63. The Morgan fingerprint density at radius 2 is 1.91 bits per heavy atom. The third-order valence-corrected chi connectivity index (χ3v) is 6.63. The van der Waals surface area contributed by atoms with Crippen LogP contribution in [-0.2, 0) is 23.9 Å². The molecule has 3 amide bonds. The summed E-state index contributed by atoms with van der Waals surface area (Å²) in [6.07, 6.45) is -2.88. The molecular weight excluding hydrogens is 452 g/mol. The van der Waals surface area contributed by atoms with Gasteiger partial charge < -0.3 is 15.5 Å². The molecule has 0 bridgehead atoms. The van der Waals surface area contributed by atoms with Gasteiger partial charge in [-0.3, -0.25) is 23.9 Å². The van der Waals surface area contributed by atoms with Crippen LogP contribution in [0.15, 0.2) is 0 Å². The molecule has 0 aromatic carbocycles. The van der Waals surface area contributed by atoms with E-state index >= 15 is 0 Å². The first kappa shape index (κ1) is 26.6. The molecule has 8 nitrogen and oxygen atoms in total. The molecule has 3 atom stereocenters. The van der Waals surface area contributed by atoms with Gasteiger partial charge in [-0.25, -0.2) is 0 Å². The summed E-state index contributed by atoms with van der Waals surface area (Å²) in [6, 6.07) is -2.28. The summed E-state index contributed by atoms with van der Waals surface area (Å²) in [7, 11) is 16.6. The second-order valence-corrected chi connectivity index (χ2v) is 9.63. The second kappa shape index (κ2) is 9.95. The number of rotatable bonds is 10. The van der Waals surface area contributed by atoms with Crippen molar-refractivity contribution in [1.29, 1.82) is 0 Å². The molecule has 3 fully saturated rings. The van der Waals surface area contributed by atoms with Crippen LogP contribution in [0.4, 0.5) is 13.2 Å². The highest BCUT2D eigenvalue weighted by molar-refractivity contribution is 6.58. The van der Waals surface area contributed by atoms with E-state index in [0.717, 1.165) is 12.8 Å². The van der Waals surface area contributed by atoms with E-state index in [9.17, 15) is 32.3 Å². The molecule has 14 heteroatoms. The number of hydrogen-bond donors (Lipinski definition) is 2. The lowest BCUT2D eigenvalue weighted by atomic mass is 9.41. The predicted octanol–water partition coefficient (Wildman–Crippen LogP) is -0.157. The molecule has 0 unspecified atom stereocenters. The maximum Gasteiger partial charge on any atom is 0.522 e. The number of halogens is 3. The number of alkyl halides is 3. The molecule has 34 heavy (non-hydrogen) atoms. The Morgan fingerprint density at radius 3 is 2.44 bits per heavy atom. The van der Waals surface area contributed by atoms with Crippen LogP contribution >= 0.6 is 0 Å². The summed E-state index contributed by atoms with van der Waals surface area (Å²) in [6.45, 7) is -0.584. The summed E-state index contributed by atoms with van der Waals surface area (Å²) >= 11 is 0. The topological polar surface area (TPSA) is 105 Å². The number of Topliss-reactive ketones (excluding diaryl/α,β-unsaturated/α-hetero) is 1. The van der Waals surface area contributed by atoms with E-state index in [1.807, 2.05) is 0 Å². The quantitative estimate of drug-likeness (QED) is 0.426. The minimum atomic E-state index is -5.02. The van der Waals surface area contributed by atoms with E-state index in [1.54, 1.807) is 0 Å². The van der Waals surface area contributed by atoms with E-state index < -0.39 is 47.8 Å². The van der Waals surface area contributed by atoms with Crippen molar-refractivity contribution in [3.05, 3.63) is 0 Å². The van der Waals surface area contributed by atoms with Crippen molar-refractivity contribution in [3.63, 3.8) is 0 Å². The zero-order chi connectivity index (χ0) is 25.3. The first-order chi connectivity index (χ1) is 15.7. The fourth-order valence-electron chi connectivity index (χ4n) is 4.51. The normalized spacial score (nSPS) is 24.7. The van der Waals surface area contributed by atoms with Gasteiger partial charge in [0, 0.05) is 25.4 Å². The van der Waals surface area contributed by atoms with Gasteiger partial charge in [0.1, 0.15) is 12.6 Å². The molecule has 2 aliphatic heterocycles. The molecule has 180 valence electrons. The third-order valence-electron chi connectivity index (χ3n) is 6.63. The highest BCUT2D eigenvalue weighted by atomic mass is 19.4. The average Bonchev–Trinajstić information content (AvgIpc) is 3.18. The van der Waals surface area contributed by atoms with Gasteiger partial charge in [-0.05, 0) is 37.5 Å². The van der Waals surface area contributed by atoms with Crippen molar-refractivity contribution < 1.29 is 37.1 Å². The number of hydrogen-bond acceptors (Lipinski definition) is 5. The number of likely N-dealkylation sites (tertiary alicyclic amines) is 1. The zero-order valence-electron chi connectivity index (χ0n) is 18.7. The fraction of sp³-hybridized carbons (Fsp3) is 0.800. The Morgan fingerprint density at radius 1 is 1.24 bits per heavy atom. The van der Waals surface area contributed by atoms with Gasteiger partial charge >= 0.3 is 6.36 Å². The van der Waals surface area contributed by atoms with E-state index in [2.05, 4.69) is 15.4 Å². The van der Waals surface area contributed by atoms with Crippen LogP contribution in [0, 0.1) is 11.3 Å². The van der Waals surface area contributed by atoms with E-state index in [4.69, 9.17) is 23.5 Å². The first-order valence-electron chi connectivity index (χ1n) is 11.2. The Bertz CT molecular complexity index is 832. The monoisotopic (exact) mass is 477 g/mol. The van der Waals surface area contributed by atoms with Crippen molar-refractivity contribution in [1.82, 2.24) is 15.5 Å². The maximum absolute atomic E-state index is 13.2. The number of ketones is 1. The molecule has 0 aromatic rings. The van der Waals surface area contributed by atoms with Crippen molar-refractivity contribution in [3.8, 4) is 0 Å².